The number of nitrogens with zero attached hydrogens (tertiary/aromatic N) is 1. The average molecular weight is 152 g/mol. The molecule has 2 aliphatic heterocycles. The van der Waals surface area contributed by atoms with E-state index < -0.39 is 0 Å². The van der Waals surface area contributed by atoms with Gasteiger partial charge < -0.3 is 5.32 Å². The fourth-order valence-electron chi connectivity index (χ4n) is 1.43. The van der Waals surface area contributed by atoms with Crippen molar-refractivity contribution in [1.29, 1.82) is 0 Å². The van der Waals surface area contributed by atoms with Crippen molar-refractivity contribution in [3.05, 3.63) is 11.1 Å². The Hall–Kier alpha value is -1.16. The molecule has 0 bridgehead atoms. The van der Waals surface area contributed by atoms with Crippen LogP contribution in [0.25, 0.3) is 0 Å². The number of hydrogen-bond acceptors (Lipinski definition) is 3. The predicted octanol–water partition coefficient (Wildman–Crippen LogP) is -1.12. The Morgan fingerprint density at radius 2 is 1.64 bits per heavy atom. The number of likely N-dealkylation sites (N-methyl/N-ethyl adjacent to an activating group) is 1. The van der Waals surface area contributed by atoms with E-state index in [2.05, 4.69) is 5.32 Å². The van der Waals surface area contributed by atoms with Crippen molar-refractivity contribution in [2.24, 2.45) is 0 Å². The lowest BCUT2D eigenvalue weighted by Crippen LogP contribution is -2.31. The van der Waals surface area contributed by atoms with Gasteiger partial charge in [-0.05, 0) is 0 Å². The number of amides is 2. The van der Waals surface area contributed by atoms with Crippen LogP contribution in [0.2, 0.25) is 0 Å². The highest BCUT2D eigenvalue weighted by molar-refractivity contribution is 6.20. The highest BCUT2D eigenvalue weighted by Gasteiger charge is 2.37. The Labute approximate surface area is 63.9 Å². The third-order valence-electron chi connectivity index (χ3n) is 2.09. The maximum Gasteiger partial charge on any atom is 0.258 e. The Morgan fingerprint density at radius 1 is 1.18 bits per heavy atom. The summed E-state index contributed by atoms with van der Waals surface area (Å²) in [6, 6.07) is 0. The van der Waals surface area contributed by atoms with Crippen molar-refractivity contribution < 1.29 is 9.59 Å². The van der Waals surface area contributed by atoms with Crippen LogP contribution in [0, 0.1) is 0 Å². The highest BCUT2D eigenvalue weighted by Crippen LogP contribution is 2.21. The van der Waals surface area contributed by atoms with Crippen LogP contribution in [0.4, 0.5) is 0 Å². The number of carbonyl (C=O) groups is 2. The lowest BCUT2D eigenvalue weighted by Gasteiger charge is -2.08. The average Bonchev–Trinajstić information content (AvgIpc) is 2.53. The molecule has 0 spiro atoms. The van der Waals surface area contributed by atoms with Crippen LogP contribution in [0.15, 0.2) is 11.1 Å². The van der Waals surface area contributed by atoms with Crippen LogP contribution in [-0.2, 0) is 9.59 Å². The SMILES string of the molecule is CN1C(=O)C2=C(CNC2)C1=O. The summed E-state index contributed by atoms with van der Waals surface area (Å²) < 4.78 is 0. The fraction of sp³-hybridized carbons (Fsp3) is 0.429. The minimum absolute atomic E-state index is 0.144. The normalized spacial score (nSPS) is 23.5. The van der Waals surface area contributed by atoms with Gasteiger partial charge in [0.1, 0.15) is 0 Å². The Kier molecular flexibility index (Phi) is 1.14. The molecule has 0 saturated heterocycles. The lowest BCUT2D eigenvalue weighted by atomic mass is 10.2. The van der Waals surface area contributed by atoms with Crippen molar-refractivity contribution in [1.82, 2.24) is 10.2 Å². The first kappa shape index (κ1) is 6.54. The van der Waals surface area contributed by atoms with E-state index in [1.165, 1.54) is 11.9 Å². The van der Waals surface area contributed by atoms with Crippen molar-refractivity contribution in [3.8, 4) is 0 Å². The Bertz CT molecular complexity index is 254. The lowest BCUT2D eigenvalue weighted by molar-refractivity contribution is -0.136. The zero-order chi connectivity index (χ0) is 8.01. The van der Waals surface area contributed by atoms with Gasteiger partial charge in [-0.15, -0.1) is 0 Å². The molecule has 0 aromatic carbocycles. The largest absolute Gasteiger partial charge is 0.308 e. The zero-order valence-corrected chi connectivity index (χ0v) is 6.18. The van der Waals surface area contributed by atoms with Crippen LogP contribution in [0.1, 0.15) is 0 Å². The van der Waals surface area contributed by atoms with E-state index in [0.29, 0.717) is 24.2 Å². The molecule has 0 radical (unpaired) electrons. The molecule has 1 N–H and O–H groups in total. The van der Waals surface area contributed by atoms with Gasteiger partial charge in [0, 0.05) is 31.3 Å². The summed E-state index contributed by atoms with van der Waals surface area (Å²) in [6.45, 7) is 1.09. The first-order valence-corrected chi connectivity index (χ1v) is 3.47. The summed E-state index contributed by atoms with van der Waals surface area (Å²) >= 11 is 0. The molecule has 2 aliphatic rings. The van der Waals surface area contributed by atoms with E-state index in [0.717, 1.165) is 0 Å². The molecule has 2 heterocycles. The van der Waals surface area contributed by atoms with Gasteiger partial charge in [-0.2, -0.15) is 0 Å². The summed E-state index contributed by atoms with van der Waals surface area (Å²) in [5.41, 5.74) is 1.30. The monoisotopic (exact) mass is 152 g/mol. The summed E-state index contributed by atoms with van der Waals surface area (Å²) in [6.07, 6.45) is 0. The molecule has 2 rings (SSSR count). The third-order valence-corrected chi connectivity index (χ3v) is 2.09. The van der Waals surface area contributed by atoms with Gasteiger partial charge in [0.05, 0.1) is 0 Å². The maximum absolute atomic E-state index is 11.2. The Balaban J connectivity index is 2.45. The molecule has 0 aromatic heterocycles. The molecule has 4 heteroatoms. The molecule has 2 amide bonds. The molecular formula is C7H8N2O2. The van der Waals surface area contributed by atoms with Crippen molar-refractivity contribution in [2.75, 3.05) is 20.1 Å². The highest BCUT2D eigenvalue weighted by atomic mass is 16.2. The molecule has 0 aromatic rings. The number of imide groups is 1. The van der Waals surface area contributed by atoms with Crippen LogP contribution in [-0.4, -0.2) is 36.9 Å². The van der Waals surface area contributed by atoms with Crippen LogP contribution in [0.3, 0.4) is 0 Å². The first-order chi connectivity index (χ1) is 5.22. The van der Waals surface area contributed by atoms with E-state index in [9.17, 15) is 9.59 Å². The minimum Gasteiger partial charge on any atom is -0.308 e. The molecule has 0 fully saturated rings. The molecule has 0 atom stereocenters. The second kappa shape index (κ2) is 1.92. The fourth-order valence-corrected chi connectivity index (χ4v) is 1.43. The van der Waals surface area contributed by atoms with Gasteiger partial charge in [-0.3, -0.25) is 14.5 Å². The first-order valence-electron chi connectivity index (χ1n) is 3.47. The van der Waals surface area contributed by atoms with Gasteiger partial charge in [0.25, 0.3) is 11.8 Å². The van der Waals surface area contributed by atoms with E-state index >= 15 is 0 Å². The summed E-state index contributed by atoms with van der Waals surface area (Å²) in [5, 5.41) is 2.96. The molecule has 58 valence electrons. The molecule has 4 nitrogen and oxygen atoms in total. The van der Waals surface area contributed by atoms with Crippen molar-refractivity contribution in [3.63, 3.8) is 0 Å². The van der Waals surface area contributed by atoms with Gasteiger partial charge in [-0.25, -0.2) is 0 Å². The number of carbonyl (C=O) groups excluding carboxylic acids is 2. The van der Waals surface area contributed by atoms with E-state index in [4.69, 9.17) is 0 Å². The molecule has 0 aliphatic carbocycles. The predicted molar refractivity (Wildman–Crippen MR) is 37.7 cm³/mol. The maximum atomic E-state index is 11.2. The Morgan fingerprint density at radius 3 is 2.09 bits per heavy atom. The van der Waals surface area contributed by atoms with E-state index in [1.54, 1.807) is 0 Å². The smallest absolute Gasteiger partial charge is 0.258 e. The number of rotatable bonds is 0. The quantitative estimate of drug-likeness (QED) is 0.447. The number of hydrogen-bond donors (Lipinski definition) is 1. The van der Waals surface area contributed by atoms with Crippen LogP contribution < -0.4 is 5.32 Å². The topological polar surface area (TPSA) is 49.4 Å². The van der Waals surface area contributed by atoms with Crippen LogP contribution in [0.5, 0.6) is 0 Å². The third kappa shape index (κ3) is 0.670. The number of nitrogens with one attached hydrogen (secondary N) is 1. The van der Waals surface area contributed by atoms with Gasteiger partial charge in [-0.1, -0.05) is 0 Å². The summed E-state index contributed by atoms with van der Waals surface area (Å²) in [7, 11) is 1.52. The van der Waals surface area contributed by atoms with Crippen molar-refractivity contribution in [2.45, 2.75) is 0 Å². The standard InChI is InChI=1S/C7H8N2O2/c1-9-6(10)4-2-8-3-5(4)7(9)11/h8H,2-3H2,1H3. The zero-order valence-electron chi connectivity index (χ0n) is 6.18. The minimum atomic E-state index is -0.144. The summed E-state index contributed by atoms with van der Waals surface area (Å²) in [4.78, 5) is 23.6. The van der Waals surface area contributed by atoms with Crippen LogP contribution >= 0.6 is 0 Å². The van der Waals surface area contributed by atoms with E-state index in [1.807, 2.05) is 0 Å². The van der Waals surface area contributed by atoms with Gasteiger partial charge >= 0.3 is 0 Å². The second-order valence-corrected chi connectivity index (χ2v) is 2.73. The molecule has 0 saturated carbocycles. The molecule has 11 heavy (non-hydrogen) atoms. The van der Waals surface area contributed by atoms with Gasteiger partial charge in [0.2, 0.25) is 0 Å². The summed E-state index contributed by atoms with van der Waals surface area (Å²) in [5.74, 6) is -0.287. The van der Waals surface area contributed by atoms with Gasteiger partial charge in [0.15, 0.2) is 0 Å². The molecular weight excluding hydrogens is 144 g/mol. The second-order valence-electron chi connectivity index (χ2n) is 2.73. The van der Waals surface area contributed by atoms with E-state index in [-0.39, 0.29) is 11.8 Å². The molecule has 0 unspecified atom stereocenters. The van der Waals surface area contributed by atoms with Crippen molar-refractivity contribution >= 4 is 11.8 Å².